The molecule has 0 atom stereocenters. The molecule has 0 amide bonds. The summed E-state index contributed by atoms with van der Waals surface area (Å²) < 4.78 is 5.54. The second kappa shape index (κ2) is 7.51. The zero-order valence-electron chi connectivity index (χ0n) is 10.8. The first-order chi connectivity index (χ1) is 8.13. The number of hydrogen-bond donors (Lipinski definition) is 1. The summed E-state index contributed by atoms with van der Waals surface area (Å²) in [6, 6.07) is 1.90. The van der Waals surface area contributed by atoms with Crippen LogP contribution in [0.5, 0.6) is 5.88 Å². The van der Waals surface area contributed by atoms with E-state index in [0.29, 0.717) is 23.4 Å². The minimum atomic E-state index is 0.535. The van der Waals surface area contributed by atoms with Crippen molar-refractivity contribution in [2.24, 2.45) is 5.92 Å². The smallest absolute Gasteiger partial charge is 0.232 e. The summed E-state index contributed by atoms with van der Waals surface area (Å²) >= 11 is 6.11. The highest BCUT2D eigenvalue weighted by Gasteiger charge is 2.05. The van der Waals surface area contributed by atoms with Gasteiger partial charge < -0.3 is 10.1 Å². The summed E-state index contributed by atoms with van der Waals surface area (Å²) in [5.74, 6) is 1.16. The van der Waals surface area contributed by atoms with Crippen LogP contribution in [0.1, 0.15) is 32.8 Å². The van der Waals surface area contributed by atoms with E-state index in [2.05, 4.69) is 31.1 Å². The van der Waals surface area contributed by atoms with E-state index in [0.717, 1.165) is 25.1 Å². The molecule has 0 bridgehead atoms. The molecule has 0 fully saturated rings. The van der Waals surface area contributed by atoms with Crippen molar-refractivity contribution in [1.82, 2.24) is 10.3 Å². The fourth-order valence-electron chi connectivity index (χ4n) is 1.33. The van der Waals surface area contributed by atoms with Crippen LogP contribution in [0.2, 0.25) is 5.02 Å². The summed E-state index contributed by atoms with van der Waals surface area (Å²) in [4.78, 5) is 4.23. The predicted molar refractivity (Wildman–Crippen MR) is 71.6 cm³/mol. The molecule has 0 aromatic carbocycles. The summed E-state index contributed by atoms with van der Waals surface area (Å²) in [5, 5.41) is 3.82. The Labute approximate surface area is 109 Å². The van der Waals surface area contributed by atoms with Crippen LogP contribution in [-0.2, 0) is 6.54 Å². The number of rotatable bonds is 7. The maximum absolute atomic E-state index is 6.11. The van der Waals surface area contributed by atoms with Crippen molar-refractivity contribution in [3.63, 3.8) is 0 Å². The second-order valence-corrected chi connectivity index (χ2v) is 4.85. The first-order valence-corrected chi connectivity index (χ1v) is 6.49. The van der Waals surface area contributed by atoms with Crippen molar-refractivity contribution in [2.75, 3.05) is 13.2 Å². The number of nitrogens with one attached hydrogen (secondary N) is 1. The van der Waals surface area contributed by atoms with Crippen molar-refractivity contribution in [3.05, 3.63) is 22.8 Å². The molecular weight excluding hydrogens is 236 g/mol. The number of aromatic nitrogens is 1. The molecule has 4 heteroatoms. The van der Waals surface area contributed by atoms with Gasteiger partial charge in [-0.1, -0.05) is 32.4 Å². The molecule has 1 heterocycles. The average Bonchev–Trinajstić information content (AvgIpc) is 2.28. The van der Waals surface area contributed by atoms with Crippen molar-refractivity contribution in [2.45, 2.75) is 33.7 Å². The highest BCUT2D eigenvalue weighted by atomic mass is 35.5. The molecule has 1 aromatic rings. The zero-order valence-corrected chi connectivity index (χ0v) is 11.5. The monoisotopic (exact) mass is 256 g/mol. The summed E-state index contributed by atoms with van der Waals surface area (Å²) in [7, 11) is 0. The van der Waals surface area contributed by atoms with Crippen LogP contribution < -0.4 is 10.1 Å². The van der Waals surface area contributed by atoms with Gasteiger partial charge in [0.25, 0.3) is 0 Å². The van der Waals surface area contributed by atoms with Crippen LogP contribution in [0.3, 0.4) is 0 Å². The molecule has 0 saturated carbocycles. The molecule has 17 heavy (non-hydrogen) atoms. The SMILES string of the molecule is CCNCc1cnc(OCCC(C)C)c(Cl)c1. The van der Waals surface area contributed by atoms with Crippen LogP contribution in [0.4, 0.5) is 0 Å². The van der Waals surface area contributed by atoms with E-state index in [1.54, 1.807) is 6.20 Å². The van der Waals surface area contributed by atoms with Gasteiger partial charge in [-0.25, -0.2) is 4.98 Å². The van der Waals surface area contributed by atoms with Gasteiger partial charge in [0.2, 0.25) is 5.88 Å². The van der Waals surface area contributed by atoms with Crippen LogP contribution in [0.25, 0.3) is 0 Å². The van der Waals surface area contributed by atoms with Crippen LogP contribution in [0, 0.1) is 5.92 Å². The maximum atomic E-state index is 6.11. The molecule has 0 unspecified atom stereocenters. The van der Waals surface area contributed by atoms with Gasteiger partial charge in [0.05, 0.1) is 6.61 Å². The first-order valence-electron chi connectivity index (χ1n) is 6.11. The van der Waals surface area contributed by atoms with Gasteiger partial charge in [-0.15, -0.1) is 0 Å². The Morgan fingerprint density at radius 2 is 2.24 bits per heavy atom. The third-order valence-corrected chi connectivity index (χ3v) is 2.65. The van der Waals surface area contributed by atoms with Gasteiger partial charge in [-0.2, -0.15) is 0 Å². The number of hydrogen-bond acceptors (Lipinski definition) is 3. The second-order valence-electron chi connectivity index (χ2n) is 4.44. The lowest BCUT2D eigenvalue weighted by Crippen LogP contribution is -2.12. The Kier molecular flexibility index (Phi) is 6.30. The molecular formula is C13H21ClN2O. The van der Waals surface area contributed by atoms with E-state index in [1.807, 2.05) is 6.07 Å². The number of ether oxygens (including phenoxy) is 1. The Morgan fingerprint density at radius 3 is 2.82 bits per heavy atom. The quantitative estimate of drug-likeness (QED) is 0.813. The molecule has 1 rings (SSSR count). The summed E-state index contributed by atoms with van der Waals surface area (Å²) in [5.41, 5.74) is 1.08. The van der Waals surface area contributed by atoms with Gasteiger partial charge in [-0.05, 0) is 30.5 Å². The Morgan fingerprint density at radius 1 is 1.47 bits per heavy atom. The first kappa shape index (κ1) is 14.3. The van der Waals surface area contributed by atoms with E-state index in [-0.39, 0.29) is 0 Å². The fraction of sp³-hybridized carbons (Fsp3) is 0.615. The van der Waals surface area contributed by atoms with Gasteiger partial charge in [-0.3, -0.25) is 0 Å². The molecule has 3 nitrogen and oxygen atoms in total. The van der Waals surface area contributed by atoms with E-state index in [9.17, 15) is 0 Å². The van der Waals surface area contributed by atoms with E-state index >= 15 is 0 Å². The lowest BCUT2D eigenvalue weighted by molar-refractivity contribution is 0.279. The highest BCUT2D eigenvalue weighted by Crippen LogP contribution is 2.22. The average molecular weight is 257 g/mol. The third kappa shape index (κ3) is 5.37. The predicted octanol–water partition coefficient (Wildman–Crippen LogP) is 3.27. The normalized spacial score (nSPS) is 10.9. The zero-order chi connectivity index (χ0) is 12.7. The molecule has 0 spiro atoms. The van der Waals surface area contributed by atoms with Gasteiger partial charge >= 0.3 is 0 Å². The third-order valence-electron chi connectivity index (χ3n) is 2.38. The largest absolute Gasteiger partial charge is 0.477 e. The Hall–Kier alpha value is -0.800. The van der Waals surface area contributed by atoms with Gasteiger partial charge in [0, 0.05) is 12.7 Å². The minimum Gasteiger partial charge on any atom is -0.477 e. The molecule has 96 valence electrons. The molecule has 0 aliphatic heterocycles. The maximum Gasteiger partial charge on any atom is 0.232 e. The fourth-order valence-corrected chi connectivity index (χ4v) is 1.57. The van der Waals surface area contributed by atoms with E-state index in [1.165, 1.54) is 0 Å². The van der Waals surface area contributed by atoms with Crippen LogP contribution in [0.15, 0.2) is 12.3 Å². The molecule has 0 aliphatic rings. The van der Waals surface area contributed by atoms with Crippen molar-refractivity contribution < 1.29 is 4.74 Å². The van der Waals surface area contributed by atoms with Gasteiger partial charge in [0.15, 0.2) is 0 Å². The molecule has 0 radical (unpaired) electrons. The van der Waals surface area contributed by atoms with Crippen molar-refractivity contribution in [3.8, 4) is 5.88 Å². The highest BCUT2D eigenvalue weighted by molar-refractivity contribution is 6.31. The number of pyridine rings is 1. The summed E-state index contributed by atoms with van der Waals surface area (Å²) in [6.07, 6.45) is 2.82. The molecule has 1 N–H and O–H groups in total. The van der Waals surface area contributed by atoms with E-state index < -0.39 is 0 Å². The topological polar surface area (TPSA) is 34.2 Å². The number of halogens is 1. The Bertz CT molecular complexity index is 342. The van der Waals surface area contributed by atoms with Crippen LogP contribution >= 0.6 is 11.6 Å². The Balaban J connectivity index is 2.50. The number of nitrogens with zero attached hydrogens (tertiary/aromatic N) is 1. The minimum absolute atomic E-state index is 0.535. The van der Waals surface area contributed by atoms with Crippen molar-refractivity contribution >= 4 is 11.6 Å². The van der Waals surface area contributed by atoms with Crippen LogP contribution in [-0.4, -0.2) is 18.1 Å². The standard InChI is InChI=1S/C13H21ClN2O/c1-4-15-8-11-7-12(14)13(16-9-11)17-6-5-10(2)3/h7,9-10,15H,4-6,8H2,1-3H3. The van der Waals surface area contributed by atoms with E-state index in [4.69, 9.17) is 16.3 Å². The van der Waals surface area contributed by atoms with Crippen molar-refractivity contribution in [1.29, 1.82) is 0 Å². The molecule has 1 aromatic heterocycles. The molecule has 0 aliphatic carbocycles. The lowest BCUT2D eigenvalue weighted by atomic mass is 10.1. The lowest BCUT2D eigenvalue weighted by Gasteiger charge is -2.09. The molecule has 0 saturated heterocycles. The summed E-state index contributed by atoms with van der Waals surface area (Å²) in [6.45, 7) is 8.78. The van der Waals surface area contributed by atoms with Gasteiger partial charge in [0.1, 0.15) is 5.02 Å².